The zero-order valence-electron chi connectivity index (χ0n) is 12.7. The first kappa shape index (κ1) is 14.9. The molecule has 1 atom stereocenters. The van der Waals surface area contributed by atoms with Gasteiger partial charge in [0, 0.05) is 18.5 Å². The van der Waals surface area contributed by atoms with Gasteiger partial charge in [0.1, 0.15) is 0 Å². The standard InChI is InChI=1S/C15H19N5OS/c1-10-5-6-13(19-18-10)20-7-3-4-12(8-20)14(21)17-15-16-11(2)9-22-15/h5-6,9,12H,3-4,7-8H2,1-2H3,(H,16,17,21). The summed E-state index contributed by atoms with van der Waals surface area (Å²) >= 11 is 1.46. The molecule has 1 aliphatic heterocycles. The molecule has 1 N–H and O–H groups in total. The van der Waals surface area contributed by atoms with Crippen LogP contribution in [-0.2, 0) is 4.79 Å². The maximum Gasteiger partial charge on any atom is 0.231 e. The Morgan fingerprint density at radius 2 is 2.18 bits per heavy atom. The van der Waals surface area contributed by atoms with E-state index in [1.165, 1.54) is 11.3 Å². The second kappa shape index (κ2) is 6.39. The van der Waals surface area contributed by atoms with Crippen LogP contribution in [0.3, 0.4) is 0 Å². The SMILES string of the molecule is Cc1ccc(N2CCCC(C(=O)Nc3nc(C)cs3)C2)nn1. The third-order valence-electron chi connectivity index (χ3n) is 3.75. The minimum Gasteiger partial charge on any atom is -0.354 e. The molecule has 3 heterocycles. The largest absolute Gasteiger partial charge is 0.354 e. The number of rotatable bonds is 3. The van der Waals surface area contributed by atoms with E-state index in [0.29, 0.717) is 11.7 Å². The number of nitrogens with zero attached hydrogens (tertiary/aromatic N) is 4. The van der Waals surface area contributed by atoms with Gasteiger partial charge in [-0.25, -0.2) is 4.98 Å². The highest BCUT2D eigenvalue weighted by molar-refractivity contribution is 7.13. The van der Waals surface area contributed by atoms with Crippen molar-refractivity contribution in [3.63, 3.8) is 0 Å². The van der Waals surface area contributed by atoms with Gasteiger partial charge in [0.15, 0.2) is 10.9 Å². The molecule has 116 valence electrons. The number of carbonyl (C=O) groups is 1. The number of hydrogen-bond acceptors (Lipinski definition) is 6. The Hall–Kier alpha value is -2.02. The molecular formula is C15H19N5OS. The van der Waals surface area contributed by atoms with Gasteiger partial charge >= 0.3 is 0 Å². The normalized spacial score (nSPS) is 18.3. The molecule has 1 saturated heterocycles. The number of amides is 1. The molecule has 2 aromatic heterocycles. The summed E-state index contributed by atoms with van der Waals surface area (Å²) in [7, 11) is 0. The molecule has 0 aliphatic carbocycles. The molecular weight excluding hydrogens is 298 g/mol. The molecule has 6 nitrogen and oxygen atoms in total. The van der Waals surface area contributed by atoms with E-state index in [2.05, 4.69) is 25.4 Å². The summed E-state index contributed by atoms with van der Waals surface area (Å²) < 4.78 is 0. The lowest BCUT2D eigenvalue weighted by Crippen LogP contribution is -2.41. The highest BCUT2D eigenvalue weighted by Crippen LogP contribution is 2.23. The van der Waals surface area contributed by atoms with Crippen LogP contribution >= 0.6 is 11.3 Å². The van der Waals surface area contributed by atoms with Crippen LogP contribution < -0.4 is 10.2 Å². The van der Waals surface area contributed by atoms with Crippen LogP contribution in [0.2, 0.25) is 0 Å². The average Bonchev–Trinajstić information content (AvgIpc) is 2.93. The van der Waals surface area contributed by atoms with Gasteiger partial charge in [0.05, 0.1) is 17.3 Å². The molecule has 0 saturated carbocycles. The van der Waals surface area contributed by atoms with E-state index in [4.69, 9.17) is 0 Å². The van der Waals surface area contributed by atoms with Crippen LogP contribution in [0.15, 0.2) is 17.5 Å². The molecule has 2 aromatic rings. The van der Waals surface area contributed by atoms with Crippen LogP contribution in [0.25, 0.3) is 0 Å². The Morgan fingerprint density at radius 3 is 2.86 bits per heavy atom. The summed E-state index contributed by atoms with van der Waals surface area (Å²) in [5.74, 6) is 0.841. The van der Waals surface area contributed by atoms with Crippen molar-refractivity contribution in [3.05, 3.63) is 28.9 Å². The predicted octanol–water partition coefficient (Wildman–Crippen LogP) is 2.41. The quantitative estimate of drug-likeness (QED) is 0.941. The molecule has 0 spiro atoms. The number of nitrogens with one attached hydrogen (secondary N) is 1. The monoisotopic (exact) mass is 317 g/mol. The molecule has 7 heteroatoms. The lowest BCUT2D eigenvalue weighted by molar-refractivity contribution is -0.120. The molecule has 1 amide bonds. The molecule has 1 unspecified atom stereocenters. The second-order valence-corrected chi connectivity index (χ2v) is 6.46. The first-order chi connectivity index (χ1) is 10.6. The number of hydrogen-bond donors (Lipinski definition) is 1. The lowest BCUT2D eigenvalue weighted by Gasteiger charge is -2.32. The number of aromatic nitrogens is 3. The van der Waals surface area contributed by atoms with Crippen molar-refractivity contribution < 1.29 is 4.79 Å². The van der Waals surface area contributed by atoms with Crippen molar-refractivity contribution in [1.82, 2.24) is 15.2 Å². The molecule has 0 aromatic carbocycles. The van der Waals surface area contributed by atoms with E-state index in [1.807, 2.05) is 31.4 Å². The molecule has 1 fully saturated rings. The van der Waals surface area contributed by atoms with E-state index >= 15 is 0 Å². The third-order valence-corrected chi connectivity index (χ3v) is 4.62. The van der Waals surface area contributed by atoms with E-state index in [0.717, 1.165) is 36.6 Å². The molecule has 0 radical (unpaired) electrons. The fraction of sp³-hybridized carbons (Fsp3) is 0.467. The highest BCUT2D eigenvalue weighted by atomic mass is 32.1. The molecule has 0 bridgehead atoms. The first-order valence-electron chi connectivity index (χ1n) is 7.40. The van der Waals surface area contributed by atoms with Crippen molar-refractivity contribution >= 4 is 28.2 Å². The van der Waals surface area contributed by atoms with Crippen molar-refractivity contribution in [3.8, 4) is 0 Å². The zero-order chi connectivity index (χ0) is 15.5. The van der Waals surface area contributed by atoms with Gasteiger partial charge < -0.3 is 10.2 Å². The highest BCUT2D eigenvalue weighted by Gasteiger charge is 2.27. The summed E-state index contributed by atoms with van der Waals surface area (Å²) in [6.45, 7) is 5.43. The maximum absolute atomic E-state index is 12.4. The van der Waals surface area contributed by atoms with Crippen molar-refractivity contribution in [2.45, 2.75) is 26.7 Å². The Morgan fingerprint density at radius 1 is 1.32 bits per heavy atom. The Kier molecular flexibility index (Phi) is 4.33. The lowest BCUT2D eigenvalue weighted by atomic mass is 9.97. The van der Waals surface area contributed by atoms with Crippen molar-refractivity contribution in [1.29, 1.82) is 0 Å². The summed E-state index contributed by atoms with van der Waals surface area (Å²) in [5.41, 5.74) is 1.83. The van der Waals surface area contributed by atoms with Crippen LogP contribution in [0, 0.1) is 19.8 Å². The minimum atomic E-state index is -0.0407. The Balaban J connectivity index is 1.64. The topological polar surface area (TPSA) is 71.0 Å². The van der Waals surface area contributed by atoms with Crippen LogP contribution in [0.4, 0.5) is 10.9 Å². The Bertz CT molecular complexity index is 654. The van der Waals surface area contributed by atoms with Gasteiger partial charge in [-0.1, -0.05) is 0 Å². The van der Waals surface area contributed by atoms with Crippen LogP contribution in [0.5, 0.6) is 0 Å². The van der Waals surface area contributed by atoms with Gasteiger partial charge in [-0.05, 0) is 38.8 Å². The summed E-state index contributed by atoms with van der Waals surface area (Å²) in [6.07, 6.45) is 1.87. The van der Waals surface area contributed by atoms with Crippen molar-refractivity contribution in [2.24, 2.45) is 5.92 Å². The number of anilines is 2. The van der Waals surface area contributed by atoms with E-state index < -0.39 is 0 Å². The van der Waals surface area contributed by atoms with Gasteiger partial charge in [-0.2, -0.15) is 5.10 Å². The second-order valence-electron chi connectivity index (χ2n) is 5.60. The Labute approximate surface area is 133 Å². The third kappa shape index (κ3) is 3.41. The van der Waals surface area contributed by atoms with Gasteiger partial charge in [0.2, 0.25) is 5.91 Å². The summed E-state index contributed by atoms with van der Waals surface area (Å²) in [4.78, 5) is 18.8. The number of thiazole rings is 1. The minimum absolute atomic E-state index is 0.0407. The number of piperidine rings is 1. The molecule has 3 rings (SSSR count). The fourth-order valence-corrected chi connectivity index (χ4v) is 3.27. The van der Waals surface area contributed by atoms with Gasteiger partial charge in [0.25, 0.3) is 0 Å². The predicted molar refractivity (Wildman–Crippen MR) is 87.2 cm³/mol. The number of aryl methyl sites for hydroxylation is 2. The van der Waals surface area contributed by atoms with Gasteiger partial charge in [-0.3, -0.25) is 4.79 Å². The molecule has 22 heavy (non-hydrogen) atoms. The summed E-state index contributed by atoms with van der Waals surface area (Å²) in [5, 5.41) is 13.8. The fourth-order valence-electron chi connectivity index (χ4n) is 2.58. The first-order valence-corrected chi connectivity index (χ1v) is 8.28. The summed E-state index contributed by atoms with van der Waals surface area (Å²) in [6, 6.07) is 3.91. The van der Waals surface area contributed by atoms with E-state index in [-0.39, 0.29) is 11.8 Å². The number of carbonyl (C=O) groups excluding carboxylic acids is 1. The maximum atomic E-state index is 12.4. The molecule has 1 aliphatic rings. The zero-order valence-corrected chi connectivity index (χ0v) is 13.6. The van der Waals surface area contributed by atoms with Crippen LogP contribution in [0.1, 0.15) is 24.2 Å². The average molecular weight is 317 g/mol. The van der Waals surface area contributed by atoms with Crippen LogP contribution in [-0.4, -0.2) is 34.2 Å². The van der Waals surface area contributed by atoms with E-state index in [1.54, 1.807) is 0 Å². The van der Waals surface area contributed by atoms with Crippen molar-refractivity contribution in [2.75, 3.05) is 23.3 Å². The smallest absolute Gasteiger partial charge is 0.231 e. The van der Waals surface area contributed by atoms with E-state index in [9.17, 15) is 4.79 Å². The van der Waals surface area contributed by atoms with Gasteiger partial charge in [-0.15, -0.1) is 16.4 Å².